The van der Waals surface area contributed by atoms with E-state index in [9.17, 15) is 8.78 Å². The van der Waals surface area contributed by atoms with Gasteiger partial charge in [0, 0.05) is 22.6 Å². The van der Waals surface area contributed by atoms with E-state index in [4.69, 9.17) is 9.15 Å². The van der Waals surface area contributed by atoms with Crippen molar-refractivity contribution >= 4 is 15.9 Å². The van der Waals surface area contributed by atoms with E-state index in [0.717, 1.165) is 11.6 Å². The fraction of sp³-hybridized carbons (Fsp3) is 0.333. The average Bonchev–Trinajstić information content (AvgIpc) is 3.17. The molecule has 1 fully saturated rings. The summed E-state index contributed by atoms with van der Waals surface area (Å²) in [6, 6.07) is 4.89. The second kappa shape index (κ2) is 6.15. The highest BCUT2D eigenvalue weighted by Crippen LogP contribution is 2.27. The molecule has 21 heavy (non-hydrogen) atoms. The van der Waals surface area contributed by atoms with Crippen molar-refractivity contribution < 1.29 is 17.9 Å². The van der Waals surface area contributed by atoms with Crippen molar-refractivity contribution in [3.05, 3.63) is 51.9 Å². The molecule has 6 heteroatoms. The summed E-state index contributed by atoms with van der Waals surface area (Å²) < 4.78 is 38.0. The van der Waals surface area contributed by atoms with Crippen molar-refractivity contribution in [1.29, 1.82) is 0 Å². The number of benzene rings is 1. The van der Waals surface area contributed by atoms with Gasteiger partial charge in [0.15, 0.2) is 11.6 Å². The third-order valence-corrected chi connectivity index (χ3v) is 3.77. The predicted octanol–water partition coefficient (Wildman–Crippen LogP) is 4.15. The zero-order valence-electron chi connectivity index (χ0n) is 11.2. The van der Waals surface area contributed by atoms with Gasteiger partial charge in [-0.2, -0.15) is 4.39 Å². The summed E-state index contributed by atoms with van der Waals surface area (Å²) in [6.07, 6.45) is 3.97. The number of hydrogen-bond donors (Lipinski definition) is 1. The predicted molar refractivity (Wildman–Crippen MR) is 77.0 cm³/mol. The second-order valence-corrected chi connectivity index (χ2v) is 5.93. The molecule has 0 amide bonds. The smallest absolute Gasteiger partial charge is 0.200 e. The number of nitrogens with one attached hydrogen (secondary N) is 1. The maximum Gasteiger partial charge on any atom is 0.200 e. The van der Waals surface area contributed by atoms with Crippen molar-refractivity contribution in [1.82, 2.24) is 5.32 Å². The van der Waals surface area contributed by atoms with Gasteiger partial charge in [-0.3, -0.25) is 0 Å². The standard InChI is InChI=1S/C15H14BrF2NO2/c16-10-5-12(17)15(18)13(6-10)21-8-14-9(3-4-20-14)7-19-11-1-2-11/h3-6,11,19H,1-2,7-8H2. The van der Waals surface area contributed by atoms with Crippen LogP contribution in [0.25, 0.3) is 0 Å². The monoisotopic (exact) mass is 357 g/mol. The third-order valence-electron chi connectivity index (χ3n) is 3.31. The number of hydrogen-bond acceptors (Lipinski definition) is 3. The molecule has 1 aromatic heterocycles. The van der Waals surface area contributed by atoms with E-state index in [1.165, 1.54) is 18.9 Å². The van der Waals surface area contributed by atoms with Crippen LogP contribution in [0.1, 0.15) is 24.2 Å². The third kappa shape index (κ3) is 3.63. The lowest BCUT2D eigenvalue weighted by atomic mass is 10.2. The molecule has 112 valence electrons. The Hall–Kier alpha value is -1.40. The van der Waals surface area contributed by atoms with E-state index in [1.54, 1.807) is 6.26 Å². The molecule has 0 spiro atoms. The van der Waals surface area contributed by atoms with Gasteiger partial charge in [0.2, 0.25) is 5.82 Å². The minimum Gasteiger partial charge on any atom is -0.482 e. The Morgan fingerprint density at radius 2 is 2.14 bits per heavy atom. The summed E-state index contributed by atoms with van der Waals surface area (Å²) in [5.41, 5.74) is 0.970. The molecular weight excluding hydrogens is 344 g/mol. The zero-order valence-corrected chi connectivity index (χ0v) is 12.8. The Bertz CT molecular complexity index is 641. The summed E-state index contributed by atoms with van der Waals surface area (Å²) in [5.74, 6) is -1.47. The second-order valence-electron chi connectivity index (χ2n) is 5.01. The molecule has 3 rings (SSSR count). The molecule has 3 nitrogen and oxygen atoms in total. The Morgan fingerprint density at radius 1 is 1.33 bits per heavy atom. The zero-order chi connectivity index (χ0) is 14.8. The lowest BCUT2D eigenvalue weighted by Gasteiger charge is -2.09. The van der Waals surface area contributed by atoms with Crippen LogP contribution in [0.4, 0.5) is 8.78 Å². The maximum absolute atomic E-state index is 13.6. The largest absolute Gasteiger partial charge is 0.482 e. The summed E-state index contributed by atoms with van der Waals surface area (Å²) in [4.78, 5) is 0. The van der Waals surface area contributed by atoms with E-state index < -0.39 is 11.6 Å². The molecule has 1 aromatic carbocycles. The fourth-order valence-electron chi connectivity index (χ4n) is 1.97. The first-order chi connectivity index (χ1) is 10.1. The summed E-state index contributed by atoms with van der Waals surface area (Å²) in [7, 11) is 0. The Morgan fingerprint density at radius 3 is 2.90 bits per heavy atom. The average molecular weight is 358 g/mol. The minimum absolute atomic E-state index is 0.0570. The normalized spacial score (nSPS) is 14.4. The Labute approximate surface area is 129 Å². The summed E-state index contributed by atoms with van der Waals surface area (Å²) in [6.45, 7) is 0.747. The molecule has 1 N–H and O–H groups in total. The van der Waals surface area contributed by atoms with Gasteiger partial charge in [0.25, 0.3) is 0 Å². The van der Waals surface area contributed by atoms with Crippen LogP contribution in [0.5, 0.6) is 5.75 Å². The Balaban J connectivity index is 1.66. The van der Waals surface area contributed by atoms with Crippen molar-refractivity contribution in [2.24, 2.45) is 0 Å². The maximum atomic E-state index is 13.6. The van der Waals surface area contributed by atoms with E-state index >= 15 is 0 Å². The molecule has 1 aliphatic rings. The number of ether oxygens (including phenoxy) is 1. The van der Waals surface area contributed by atoms with Gasteiger partial charge in [-0.25, -0.2) is 4.39 Å². The van der Waals surface area contributed by atoms with Gasteiger partial charge >= 0.3 is 0 Å². The van der Waals surface area contributed by atoms with Gasteiger partial charge in [-0.05, 0) is 31.0 Å². The van der Waals surface area contributed by atoms with Crippen molar-refractivity contribution in [2.45, 2.75) is 32.0 Å². The van der Waals surface area contributed by atoms with Gasteiger partial charge in [-0.1, -0.05) is 15.9 Å². The molecule has 0 saturated heterocycles. The molecule has 0 unspecified atom stereocenters. The first kappa shape index (κ1) is 14.5. The van der Waals surface area contributed by atoms with E-state index in [2.05, 4.69) is 21.2 Å². The molecule has 0 aliphatic heterocycles. The van der Waals surface area contributed by atoms with E-state index in [-0.39, 0.29) is 12.4 Å². The molecular formula is C15H14BrF2NO2. The molecule has 1 aliphatic carbocycles. The van der Waals surface area contributed by atoms with Gasteiger partial charge in [0.05, 0.1) is 6.26 Å². The van der Waals surface area contributed by atoms with Crippen LogP contribution < -0.4 is 10.1 Å². The van der Waals surface area contributed by atoms with Crippen LogP contribution in [0.3, 0.4) is 0 Å². The lowest BCUT2D eigenvalue weighted by Crippen LogP contribution is -2.16. The highest BCUT2D eigenvalue weighted by molar-refractivity contribution is 9.10. The van der Waals surface area contributed by atoms with Crippen molar-refractivity contribution in [3.63, 3.8) is 0 Å². The van der Waals surface area contributed by atoms with E-state index in [0.29, 0.717) is 22.8 Å². The number of rotatable bonds is 6. The number of furan rings is 1. The van der Waals surface area contributed by atoms with Gasteiger partial charge in [-0.15, -0.1) is 0 Å². The van der Waals surface area contributed by atoms with Crippen LogP contribution in [0, 0.1) is 11.6 Å². The SMILES string of the molecule is Fc1cc(Br)cc(OCc2occc2CNC2CC2)c1F. The quantitative estimate of drug-likeness (QED) is 0.788. The number of halogens is 3. The van der Waals surface area contributed by atoms with Crippen LogP contribution in [0.2, 0.25) is 0 Å². The molecule has 1 heterocycles. The first-order valence-corrected chi connectivity index (χ1v) is 7.49. The van der Waals surface area contributed by atoms with Crippen LogP contribution in [-0.4, -0.2) is 6.04 Å². The molecule has 0 radical (unpaired) electrons. The highest BCUT2D eigenvalue weighted by Gasteiger charge is 2.21. The topological polar surface area (TPSA) is 34.4 Å². The Kier molecular flexibility index (Phi) is 4.26. The van der Waals surface area contributed by atoms with E-state index in [1.807, 2.05) is 6.07 Å². The van der Waals surface area contributed by atoms with Gasteiger partial charge in [0.1, 0.15) is 12.4 Å². The first-order valence-electron chi connectivity index (χ1n) is 6.69. The van der Waals surface area contributed by atoms with Gasteiger partial charge < -0.3 is 14.5 Å². The van der Waals surface area contributed by atoms with Crippen LogP contribution in [-0.2, 0) is 13.2 Å². The highest BCUT2D eigenvalue weighted by atomic mass is 79.9. The van der Waals surface area contributed by atoms with Crippen LogP contribution >= 0.6 is 15.9 Å². The van der Waals surface area contributed by atoms with Crippen molar-refractivity contribution in [3.8, 4) is 5.75 Å². The lowest BCUT2D eigenvalue weighted by molar-refractivity contribution is 0.252. The summed E-state index contributed by atoms with van der Waals surface area (Å²) in [5, 5.41) is 3.37. The molecule has 2 aromatic rings. The minimum atomic E-state index is -0.998. The van der Waals surface area contributed by atoms with Crippen LogP contribution in [0.15, 0.2) is 33.4 Å². The molecule has 0 atom stereocenters. The molecule has 0 bridgehead atoms. The van der Waals surface area contributed by atoms with Crippen molar-refractivity contribution in [2.75, 3.05) is 0 Å². The summed E-state index contributed by atoms with van der Waals surface area (Å²) >= 11 is 3.11. The molecule has 1 saturated carbocycles. The fourth-order valence-corrected chi connectivity index (χ4v) is 2.38.